The quantitative estimate of drug-likeness (QED) is 0.475. The van der Waals surface area contributed by atoms with Gasteiger partial charge in [0.05, 0.1) is 11.4 Å². The predicted octanol–water partition coefficient (Wildman–Crippen LogP) is 2.64. The van der Waals surface area contributed by atoms with Crippen molar-refractivity contribution < 1.29 is 18.7 Å². The van der Waals surface area contributed by atoms with Crippen molar-refractivity contribution in [3.63, 3.8) is 0 Å². The summed E-state index contributed by atoms with van der Waals surface area (Å²) >= 11 is 0. The molecule has 132 valence electrons. The van der Waals surface area contributed by atoms with Crippen LogP contribution in [0.4, 0.5) is 11.4 Å². The zero-order chi connectivity index (χ0) is 18.8. The van der Waals surface area contributed by atoms with Gasteiger partial charge in [-0.2, -0.15) is 5.26 Å². The summed E-state index contributed by atoms with van der Waals surface area (Å²) in [5.41, 5.74) is 1.69. The average Bonchev–Trinajstić information content (AvgIpc) is 3.18. The van der Waals surface area contributed by atoms with Crippen LogP contribution in [-0.4, -0.2) is 32.5 Å². The van der Waals surface area contributed by atoms with E-state index in [2.05, 4.69) is 0 Å². The van der Waals surface area contributed by atoms with E-state index in [1.165, 1.54) is 6.07 Å². The lowest BCUT2D eigenvalue weighted by Crippen LogP contribution is -2.27. The second kappa shape index (κ2) is 6.76. The maximum Gasteiger partial charge on any atom is 0.374 e. The molecule has 26 heavy (non-hydrogen) atoms. The van der Waals surface area contributed by atoms with Gasteiger partial charge in [-0.05, 0) is 31.2 Å². The fourth-order valence-electron chi connectivity index (χ4n) is 2.88. The van der Waals surface area contributed by atoms with Crippen LogP contribution in [0, 0.1) is 18.3 Å². The van der Waals surface area contributed by atoms with Crippen LogP contribution < -0.4 is 9.80 Å². The van der Waals surface area contributed by atoms with E-state index in [4.69, 9.17) is 9.15 Å². The molecule has 7 heteroatoms. The highest BCUT2D eigenvalue weighted by Gasteiger charge is 2.31. The van der Waals surface area contributed by atoms with Gasteiger partial charge in [0.1, 0.15) is 23.2 Å². The van der Waals surface area contributed by atoms with E-state index >= 15 is 0 Å². The Labute approximate surface area is 150 Å². The highest BCUT2D eigenvalue weighted by atomic mass is 16.5. The first kappa shape index (κ1) is 17.3. The molecule has 0 saturated carbocycles. The summed E-state index contributed by atoms with van der Waals surface area (Å²) in [5.74, 6) is -0.293. The normalized spacial score (nSPS) is 12.6. The number of fused-ring (bicyclic) bond motifs is 1. The minimum Gasteiger partial charge on any atom is -0.454 e. The van der Waals surface area contributed by atoms with E-state index in [0.29, 0.717) is 11.6 Å². The van der Waals surface area contributed by atoms with E-state index in [1.807, 2.05) is 30.3 Å². The van der Waals surface area contributed by atoms with Gasteiger partial charge < -0.3 is 19.0 Å². The van der Waals surface area contributed by atoms with Gasteiger partial charge >= 0.3 is 5.97 Å². The first-order chi connectivity index (χ1) is 12.4. The molecule has 2 heterocycles. The van der Waals surface area contributed by atoms with E-state index in [-0.39, 0.29) is 11.3 Å². The number of benzene rings is 1. The molecule has 0 spiro atoms. The van der Waals surface area contributed by atoms with Crippen LogP contribution in [0.3, 0.4) is 0 Å². The molecule has 1 aliphatic rings. The third-order valence-corrected chi connectivity index (χ3v) is 4.13. The molecule has 0 unspecified atom stereocenters. The summed E-state index contributed by atoms with van der Waals surface area (Å²) in [7, 11) is 3.56. The number of Topliss-reactive ketones (excluding diaryl/α,β-unsaturated/α-hetero) is 1. The molecule has 0 amide bonds. The fraction of sp³-hybridized carbons (Fsp3) is 0.211. The number of hydrogen-bond donors (Lipinski definition) is 0. The van der Waals surface area contributed by atoms with Crippen LogP contribution in [-0.2, 0) is 9.53 Å². The third kappa shape index (κ3) is 2.93. The van der Waals surface area contributed by atoms with Crippen LogP contribution in [0.2, 0.25) is 0 Å². The number of esters is 1. The summed E-state index contributed by atoms with van der Waals surface area (Å²) in [6, 6.07) is 12.6. The number of ether oxygens (including phenoxy) is 1. The number of nitriles is 1. The van der Waals surface area contributed by atoms with Crippen molar-refractivity contribution in [2.24, 2.45) is 0 Å². The number of furan rings is 1. The summed E-state index contributed by atoms with van der Waals surface area (Å²) in [6.45, 7) is 1.16. The SMILES string of the molecule is Cc1ccc(C(=O)OCC(=O)C(C#N)=C2N(C)c3ccccc3N2C)o1. The highest BCUT2D eigenvalue weighted by Crippen LogP contribution is 2.40. The van der Waals surface area contributed by atoms with Gasteiger partial charge in [-0.3, -0.25) is 4.79 Å². The highest BCUT2D eigenvalue weighted by molar-refractivity contribution is 6.04. The Morgan fingerprint density at radius 1 is 1.12 bits per heavy atom. The van der Waals surface area contributed by atoms with E-state index < -0.39 is 18.4 Å². The molecule has 3 rings (SSSR count). The first-order valence-electron chi connectivity index (χ1n) is 7.91. The van der Waals surface area contributed by atoms with Crippen LogP contribution >= 0.6 is 0 Å². The lowest BCUT2D eigenvalue weighted by atomic mass is 10.2. The fourth-order valence-corrected chi connectivity index (χ4v) is 2.88. The lowest BCUT2D eigenvalue weighted by molar-refractivity contribution is -0.118. The summed E-state index contributed by atoms with van der Waals surface area (Å²) in [4.78, 5) is 28.0. The molecule has 0 fully saturated rings. The zero-order valence-electron chi connectivity index (χ0n) is 14.6. The Morgan fingerprint density at radius 3 is 2.23 bits per heavy atom. The van der Waals surface area contributed by atoms with Crippen molar-refractivity contribution in [1.29, 1.82) is 5.26 Å². The van der Waals surface area contributed by atoms with Crippen molar-refractivity contribution in [1.82, 2.24) is 0 Å². The molecule has 0 saturated heterocycles. The van der Waals surface area contributed by atoms with Gasteiger partial charge in [-0.25, -0.2) is 4.79 Å². The van der Waals surface area contributed by atoms with E-state index in [9.17, 15) is 14.9 Å². The topological polar surface area (TPSA) is 86.8 Å². The van der Waals surface area contributed by atoms with Crippen molar-refractivity contribution in [3.05, 3.63) is 59.3 Å². The maximum atomic E-state index is 12.5. The van der Waals surface area contributed by atoms with E-state index in [1.54, 1.807) is 36.9 Å². The standard InChI is InChI=1S/C19H17N3O4/c1-12-8-9-17(26-12)19(24)25-11-16(23)13(10-20)18-21(2)14-6-4-5-7-15(14)22(18)3/h4-9H,11H2,1-3H3. The molecule has 0 N–H and O–H groups in total. The molecular weight excluding hydrogens is 334 g/mol. The van der Waals surface area contributed by atoms with Crippen molar-refractivity contribution >= 4 is 23.1 Å². The number of nitrogens with zero attached hydrogens (tertiary/aromatic N) is 3. The summed E-state index contributed by atoms with van der Waals surface area (Å²) < 4.78 is 10.1. The van der Waals surface area contributed by atoms with Crippen molar-refractivity contribution in [2.45, 2.75) is 6.92 Å². The minimum atomic E-state index is -0.745. The van der Waals surface area contributed by atoms with Gasteiger partial charge in [0, 0.05) is 14.1 Å². The number of rotatable bonds is 4. The maximum absolute atomic E-state index is 12.5. The van der Waals surface area contributed by atoms with Crippen molar-refractivity contribution in [3.8, 4) is 6.07 Å². The van der Waals surface area contributed by atoms with Crippen LogP contribution in [0.5, 0.6) is 0 Å². The smallest absolute Gasteiger partial charge is 0.374 e. The van der Waals surface area contributed by atoms with E-state index in [0.717, 1.165) is 11.4 Å². The average molecular weight is 351 g/mol. The summed E-state index contributed by atoms with van der Waals surface area (Å²) in [6.07, 6.45) is 0. The first-order valence-corrected chi connectivity index (χ1v) is 7.91. The van der Waals surface area contributed by atoms with Gasteiger partial charge in [0.2, 0.25) is 11.5 Å². The molecule has 1 aliphatic heterocycles. The number of hydrogen-bond acceptors (Lipinski definition) is 7. The number of aryl methyl sites for hydroxylation is 1. The Balaban J connectivity index is 1.80. The molecule has 1 aromatic heterocycles. The molecule has 1 aromatic carbocycles. The second-order valence-corrected chi connectivity index (χ2v) is 5.83. The predicted molar refractivity (Wildman–Crippen MR) is 94.6 cm³/mol. The van der Waals surface area contributed by atoms with Gasteiger partial charge in [-0.1, -0.05) is 12.1 Å². The molecule has 2 aromatic rings. The molecule has 0 radical (unpaired) electrons. The Bertz CT molecular complexity index is 921. The minimum absolute atomic E-state index is 0.0176. The zero-order valence-corrected chi connectivity index (χ0v) is 14.6. The molecule has 7 nitrogen and oxygen atoms in total. The van der Waals surface area contributed by atoms with Crippen LogP contribution in [0.25, 0.3) is 0 Å². The molecule has 0 aliphatic carbocycles. The van der Waals surface area contributed by atoms with Crippen LogP contribution in [0.1, 0.15) is 16.3 Å². The largest absolute Gasteiger partial charge is 0.454 e. The monoisotopic (exact) mass is 351 g/mol. The number of carbonyl (C=O) groups excluding carboxylic acids is 2. The molecule has 0 atom stereocenters. The number of carbonyl (C=O) groups is 2. The number of ketones is 1. The number of anilines is 2. The van der Waals surface area contributed by atoms with Gasteiger partial charge in [0.15, 0.2) is 6.61 Å². The molecular formula is C19H17N3O4. The number of para-hydroxylation sites is 2. The Morgan fingerprint density at radius 2 is 1.73 bits per heavy atom. The third-order valence-electron chi connectivity index (χ3n) is 4.13. The van der Waals surface area contributed by atoms with Gasteiger partial charge in [-0.15, -0.1) is 0 Å². The lowest BCUT2D eigenvalue weighted by Gasteiger charge is -2.19. The Hall–Kier alpha value is -3.53. The summed E-state index contributed by atoms with van der Waals surface area (Å²) in [5, 5.41) is 9.52. The Kier molecular flexibility index (Phi) is 4.50. The van der Waals surface area contributed by atoms with Gasteiger partial charge in [0.25, 0.3) is 0 Å². The molecule has 0 bridgehead atoms. The van der Waals surface area contributed by atoms with Crippen LogP contribution in [0.15, 0.2) is 52.2 Å². The second-order valence-electron chi connectivity index (χ2n) is 5.83. The van der Waals surface area contributed by atoms with Crippen molar-refractivity contribution in [2.75, 3.05) is 30.5 Å².